The second-order valence-corrected chi connectivity index (χ2v) is 9.84. The number of nitrogens with zero attached hydrogens (tertiary/aromatic N) is 2. The van der Waals surface area contributed by atoms with E-state index in [0.717, 1.165) is 54.1 Å². The van der Waals surface area contributed by atoms with Crippen LogP contribution in [0, 0.1) is 35.3 Å². The topological polar surface area (TPSA) is 83.9 Å². The number of rotatable bonds is 10. The van der Waals surface area contributed by atoms with Gasteiger partial charge in [0, 0.05) is 36.2 Å². The van der Waals surface area contributed by atoms with Crippen molar-refractivity contribution < 1.29 is 28.3 Å². The summed E-state index contributed by atoms with van der Waals surface area (Å²) in [6.45, 7) is 1.77. The van der Waals surface area contributed by atoms with Gasteiger partial charge in [-0.2, -0.15) is 5.48 Å². The molecule has 0 bridgehead atoms. The van der Waals surface area contributed by atoms with Gasteiger partial charge in [-0.1, -0.05) is 11.8 Å². The highest BCUT2D eigenvalue weighted by Crippen LogP contribution is 2.34. The van der Waals surface area contributed by atoms with Gasteiger partial charge in [-0.15, -0.1) is 0 Å². The number of benzene rings is 2. The molecule has 2 aromatic carbocycles. The second-order valence-electron chi connectivity index (χ2n) is 9.84. The minimum Gasteiger partial charge on any atom is -0.497 e. The quantitative estimate of drug-likeness (QED) is 0.279. The summed E-state index contributed by atoms with van der Waals surface area (Å²) in [4.78, 5) is 23.6. The number of carboxylic acids is 1. The Morgan fingerprint density at radius 1 is 1.18 bits per heavy atom. The molecule has 1 aromatic heterocycles. The molecule has 0 aliphatic carbocycles. The van der Waals surface area contributed by atoms with E-state index in [0.29, 0.717) is 13.1 Å². The number of aromatic nitrogens is 1. The molecule has 1 saturated heterocycles. The molecule has 3 aromatic rings. The number of likely N-dealkylation sites (tertiary alicyclic amines) is 1. The lowest BCUT2D eigenvalue weighted by atomic mass is 9.79. The maximum Gasteiger partial charge on any atom is 0.303 e. The molecule has 1 aliphatic heterocycles. The van der Waals surface area contributed by atoms with Gasteiger partial charge >= 0.3 is 5.97 Å². The first kappa shape index (κ1) is 28.4. The minimum atomic E-state index is -0.827. The van der Waals surface area contributed by atoms with E-state index in [1.165, 1.54) is 12.1 Å². The number of nitrogens with one attached hydrogen (secondary N) is 1. The van der Waals surface area contributed by atoms with E-state index in [-0.39, 0.29) is 29.9 Å². The van der Waals surface area contributed by atoms with Crippen molar-refractivity contribution in [2.45, 2.75) is 31.7 Å². The van der Waals surface area contributed by atoms with Gasteiger partial charge < -0.3 is 14.7 Å². The molecule has 1 fully saturated rings. The fourth-order valence-electron chi connectivity index (χ4n) is 5.39. The number of hydroxylamine groups is 1. The third-order valence-corrected chi connectivity index (χ3v) is 7.25. The van der Waals surface area contributed by atoms with E-state index >= 15 is 0 Å². The van der Waals surface area contributed by atoms with E-state index in [2.05, 4.69) is 27.2 Å². The van der Waals surface area contributed by atoms with Crippen LogP contribution in [-0.2, 0) is 9.63 Å². The summed E-state index contributed by atoms with van der Waals surface area (Å²) in [7, 11) is 3.21. The zero-order valence-corrected chi connectivity index (χ0v) is 22.1. The highest BCUT2D eigenvalue weighted by Gasteiger charge is 2.31. The van der Waals surface area contributed by atoms with E-state index in [4.69, 9.17) is 9.57 Å². The Labute approximate surface area is 227 Å². The molecule has 0 unspecified atom stereocenters. The largest absolute Gasteiger partial charge is 0.497 e. The second kappa shape index (κ2) is 13.5. The lowest BCUT2D eigenvalue weighted by Gasteiger charge is -2.38. The Kier molecular flexibility index (Phi) is 9.82. The number of piperidine rings is 1. The highest BCUT2D eigenvalue weighted by atomic mass is 19.1. The van der Waals surface area contributed by atoms with Gasteiger partial charge in [0.15, 0.2) is 0 Å². The van der Waals surface area contributed by atoms with E-state index in [1.807, 2.05) is 24.3 Å². The number of ether oxygens (including phenoxy) is 1. The average Bonchev–Trinajstić information content (AvgIpc) is 2.90. The van der Waals surface area contributed by atoms with E-state index in [9.17, 15) is 18.7 Å². The number of aliphatic carboxylic acids is 1. The maximum absolute atomic E-state index is 13.4. The van der Waals surface area contributed by atoms with Crippen LogP contribution in [0.3, 0.4) is 0 Å². The molecule has 3 atom stereocenters. The SMILES string of the molecule is CON[C@@H](CC[C@@H]1CCN(CC#Cc2cc(F)cc(F)c2)C[C@@H]1CC(=O)O)c1ccnc2ccc(OC)cc12. The van der Waals surface area contributed by atoms with Crippen molar-refractivity contribution in [2.75, 3.05) is 33.9 Å². The number of hydrogen-bond acceptors (Lipinski definition) is 6. The smallest absolute Gasteiger partial charge is 0.303 e. The fraction of sp³-hybridized carbons (Fsp3) is 0.400. The normalized spacial score (nSPS) is 18.4. The lowest BCUT2D eigenvalue weighted by Crippen LogP contribution is -2.41. The number of halogens is 2. The first-order chi connectivity index (χ1) is 18.9. The third kappa shape index (κ3) is 7.73. The van der Waals surface area contributed by atoms with Crippen molar-refractivity contribution in [2.24, 2.45) is 11.8 Å². The standard InChI is InChI=1S/C30H33F2N3O4/c1-38-25-6-8-28-27(18-25)26(9-11-33-28)29(34-39-2)7-5-21-10-13-35(19-22(21)16-30(36)37)12-3-4-20-14-23(31)17-24(32)15-20/h6,8-9,11,14-15,17-18,21-22,29,34H,5,7,10,12-13,16,19H2,1-2H3,(H,36,37)/t21-,22+,29+/m1/s1. The molecule has 0 amide bonds. The molecule has 1 aliphatic rings. The zero-order chi connectivity index (χ0) is 27.8. The van der Waals surface area contributed by atoms with Crippen LogP contribution < -0.4 is 10.2 Å². The molecule has 2 N–H and O–H groups in total. The summed E-state index contributed by atoms with van der Waals surface area (Å²) in [5.41, 5.74) is 5.29. The monoisotopic (exact) mass is 537 g/mol. The van der Waals surface area contributed by atoms with E-state index < -0.39 is 17.6 Å². The lowest BCUT2D eigenvalue weighted by molar-refractivity contribution is -0.139. The average molecular weight is 538 g/mol. The van der Waals surface area contributed by atoms with Crippen molar-refractivity contribution in [3.8, 4) is 17.6 Å². The van der Waals surface area contributed by atoms with Gasteiger partial charge in [0.05, 0.1) is 32.3 Å². The molecule has 206 valence electrons. The van der Waals surface area contributed by atoms with Crippen LogP contribution in [0.2, 0.25) is 0 Å². The van der Waals surface area contributed by atoms with Crippen LogP contribution in [-0.4, -0.2) is 54.8 Å². The number of carboxylic acid groups (broad SMARTS) is 1. The fourth-order valence-corrected chi connectivity index (χ4v) is 5.39. The molecule has 0 radical (unpaired) electrons. The van der Waals surface area contributed by atoms with Gasteiger partial charge in [-0.05, 0) is 79.6 Å². The number of hydrogen-bond donors (Lipinski definition) is 2. The molecular formula is C30H33F2N3O4. The van der Waals surface area contributed by atoms with Gasteiger partial charge in [-0.3, -0.25) is 14.7 Å². The Morgan fingerprint density at radius 2 is 1.97 bits per heavy atom. The van der Waals surface area contributed by atoms with Crippen molar-refractivity contribution in [1.82, 2.24) is 15.4 Å². The number of fused-ring (bicyclic) bond motifs is 1. The van der Waals surface area contributed by atoms with Crippen LogP contribution in [0.5, 0.6) is 5.75 Å². The number of methoxy groups -OCH3 is 1. The molecule has 39 heavy (non-hydrogen) atoms. The molecule has 0 spiro atoms. The first-order valence-corrected chi connectivity index (χ1v) is 13.0. The van der Waals surface area contributed by atoms with Gasteiger partial charge in [0.1, 0.15) is 17.4 Å². The summed E-state index contributed by atoms with van der Waals surface area (Å²) in [6.07, 6.45) is 4.24. The summed E-state index contributed by atoms with van der Waals surface area (Å²) >= 11 is 0. The maximum atomic E-state index is 13.4. The summed E-state index contributed by atoms with van der Waals surface area (Å²) in [5, 5.41) is 10.6. The predicted molar refractivity (Wildman–Crippen MR) is 144 cm³/mol. The molecule has 9 heteroatoms. The zero-order valence-electron chi connectivity index (χ0n) is 22.1. The summed E-state index contributed by atoms with van der Waals surface area (Å²) in [5.74, 6) is 4.55. The van der Waals surface area contributed by atoms with Crippen LogP contribution in [0.25, 0.3) is 10.9 Å². The third-order valence-electron chi connectivity index (χ3n) is 7.25. The Balaban J connectivity index is 1.44. The highest BCUT2D eigenvalue weighted by molar-refractivity contribution is 5.84. The van der Waals surface area contributed by atoms with Crippen molar-refractivity contribution in [3.63, 3.8) is 0 Å². The predicted octanol–water partition coefficient (Wildman–Crippen LogP) is 4.96. The number of carbonyl (C=O) groups is 1. The van der Waals surface area contributed by atoms with E-state index in [1.54, 1.807) is 20.4 Å². The Bertz CT molecular complexity index is 1340. The van der Waals surface area contributed by atoms with Crippen molar-refractivity contribution in [3.05, 3.63) is 71.4 Å². The molecule has 0 saturated carbocycles. The Hall–Kier alpha value is -3.58. The Morgan fingerprint density at radius 3 is 2.69 bits per heavy atom. The summed E-state index contributed by atoms with van der Waals surface area (Å²) in [6, 6.07) is 10.8. The van der Waals surface area contributed by atoms with Gasteiger partial charge in [0.25, 0.3) is 0 Å². The molecular weight excluding hydrogens is 504 g/mol. The van der Waals surface area contributed by atoms with Crippen molar-refractivity contribution >= 4 is 16.9 Å². The van der Waals surface area contributed by atoms with Crippen molar-refractivity contribution in [1.29, 1.82) is 0 Å². The van der Waals surface area contributed by atoms with Crippen LogP contribution in [0.1, 0.15) is 42.9 Å². The minimum absolute atomic E-state index is 0.0397. The van der Waals surface area contributed by atoms with Crippen LogP contribution in [0.4, 0.5) is 8.78 Å². The molecule has 4 rings (SSSR count). The van der Waals surface area contributed by atoms with Gasteiger partial charge in [-0.25, -0.2) is 8.78 Å². The first-order valence-electron chi connectivity index (χ1n) is 13.0. The molecule has 7 nitrogen and oxygen atoms in total. The summed E-state index contributed by atoms with van der Waals surface area (Å²) < 4.78 is 32.3. The van der Waals surface area contributed by atoms with Gasteiger partial charge in [0.2, 0.25) is 0 Å². The van der Waals surface area contributed by atoms with Crippen LogP contribution >= 0.6 is 0 Å². The molecule has 2 heterocycles. The van der Waals surface area contributed by atoms with Crippen LogP contribution in [0.15, 0.2) is 48.7 Å². The number of pyridine rings is 1.